The molecule has 0 fully saturated rings. The Bertz CT molecular complexity index is 961. The van der Waals surface area contributed by atoms with E-state index in [4.69, 9.17) is 0 Å². The van der Waals surface area contributed by atoms with Gasteiger partial charge in [-0.1, -0.05) is 298 Å². The summed E-state index contributed by atoms with van der Waals surface area (Å²) in [4.78, 5) is 0. The maximum Gasteiger partial charge on any atom is 0.256 e. The molecule has 63 heavy (non-hydrogen) atoms. The van der Waals surface area contributed by atoms with Crippen LogP contribution in [0.2, 0.25) is 0 Å². The lowest BCUT2D eigenvalue weighted by Crippen LogP contribution is -2.41. The summed E-state index contributed by atoms with van der Waals surface area (Å²) < 4.78 is 6.02. The Hall–Kier alpha value is -0.790. The van der Waals surface area contributed by atoms with Gasteiger partial charge in [-0.15, -0.1) is 0 Å². The molecule has 0 saturated carbocycles. The molecule has 0 N–H and O–H groups in total. The summed E-state index contributed by atoms with van der Waals surface area (Å²) in [6.45, 7) is 14.3. The topological polar surface area (TPSA) is 8.81 Å². The summed E-state index contributed by atoms with van der Waals surface area (Å²) in [5.41, 5.74) is 3.61. The average molecular weight is 883 g/mol. The van der Waals surface area contributed by atoms with Gasteiger partial charge in [-0.25, -0.2) is 9.13 Å². The Balaban J connectivity index is 3.08. The van der Waals surface area contributed by atoms with Crippen LogP contribution in [0.3, 0.4) is 0 Å². The van der Waals surface area contributed by atoms with Gasteiger partial charge in [0.2, 0.25) is 0 Å². The van der Waals surface area contributed by atoms with Gasteiger partial charge in [0, 0.05) is 19.3 Å². The Morgan fingerprint density at radius 1 is 0.254 bits per heavy atom. The molecule has 0 aliphatic rings. The average Bonchev–Trinajstić information content (AvgIpc) is 3.56. The summed E-state index contributed by atoms with van der Waals surface area (Å²) in [6.07, 6.45) is 72.8. The molecule has 0 aliphatic heterocycles. The van der Waals surface area contributed by atoms with E-state index in [-0.39, 0.29) is 0 Å². The van der Waals surface area contributed by atoms with Gasteiger partial charge >= 0.3 is 0 Å². The van der Waals surface area contributed by atoms with E-state index in [0.29, 0.717) is 0 Å². The number of hydrogen-bond donors (Lipinski definition) is 0. The van der Waals surface area contributed by atoms with Crippen molar-refractivity contribution in [3.05, 3.63) is 17.2 Å². The standard InChI is InChI=1S/C61H121N2/c1-6-11-16-21-26-31-32-33-34-35-36-37-38-43-48-53-58-63-60(55-50-45-40-28-23-18-13-8-3)59(54-49-44-39-27-22-17-12-7-2)62(57-52-47-42-30-25-20-15-10-5)61(63)56-51-46-41-29-24-19-14-9-4/h6-58H2,1-5H3/q+1. The highest BCUT2D eigenvalue weighted by molar-refractivity contribution is 5.13. The first-order valence-corrected chi connectivity index (χ1v) is 30.4. The molecule has 1 rings (SSSR count). The van der Waals surface area contributed by atoms with Gasteiger partial charge in [-0.05, 0) is 44.9 Å². The fourth-order valence-electron chi connectivity index (χ4n) is 10.6. The minimum atomic E-state index is 1.28. The summed E-state index contributed by atoms with van der Waals surface area (Å²) in [5.74, 6) is 1.76. The van der Waals surface area contributed by atoms with E-state index in [1.165, 1.54) is 341 Å². The Morgan fingerprint density at radius 3 is 0.841 bits per heavy atom. The Morgan fingerprint density at radius 2 is 0.508 bits per heavy atom. The van der Waals surface area contributed by atoms with Crippen LogP contribution in [0.4, 0.5) is 0 Å². The molecule has 0 spiro atoms. The lowest BCUT2D eigenvalue weighted by atomic mass is 10.0. The number of aromatic nitrogens is 2. The van der Waals surface area contributed by atoms with Gasteiger partial charge in [0.15, 0.2) is 0 Å². The normalized spacial score (nSPS) is 11.8. The van der Waals surface area contributed by atoms with E-state index < -0.39 is 0 Å². The molecule has 0 radical (unpaired) electrons. The van der Waals surface area contributed by atoms with Gasteiger partial charge in [-0.2, -0.15) is 0 Å². The van der Waals surface area contributed by atoms with E-state index in [2.05, 4.69) is 43.8 Å². The van der Waals surface area contributed by atoms with Crippen LogP contribution in [0.5, 0.6) is 0 Å². The molecule has 0 unspecified atom stereocenters. The molecular formula is C61H121N2+. The first kappa shape index (κ1) is 60.2. The fourth-order valence-corrected chi connectivity index (χ4v) is 10.6. The van der Waals surface area contributed by atoms with E-state index in [0.717, 1.165) is 0 Å². The van der Waals surface area contributed by atoms with Crippen LogP contribution in [0, 0.1) is 0 Å². The number of nitrogens with zero attached hydrogens (tertiary/aromatic N) is 2. The second-order valence-corrected chi connectivity index (χ2v) is 21.1. The summed E-state index contributed by atoms with van der Waals surface area (Å²) in [7, 11) is 0. The molecule has 1 aromatic rings. The monoisotopic (exact) mass is 882 g/mol. The van der Waals surface area contributed by atoms with E-state index >= 15 is 0 Å². The van der Waals surface area contributed by atoms with Crippen LogP contribution in [0.1, 0.15) is 360 Å². The van der Waals surface area contributed by atoms with Crippen molar-refractivity contribution in [1.29, 1.82) is 0 Å². The molecule has 0 aromatic carbocycles. The third-order valence-electron chi connectivity index (χ3n) is 14.9. The molecule has 2 nitrogen and oxygen atoms in total. The van der Waals surface area contributed by atoms with Gasteiger partial charge in [-0.3, -0.25) is 0 Å². The van der Waals surface area contributed by atoms with Gasteiger partial charge < -0.3 is 0 Å². The van der Waals surface area contributed by atoms with Crippen LogP contribution in [0.15, 0.2) is 0 Å². The first-order valence-electron chi connectivity index (χ1n) is 30.4. The van der Waals surface area contributed by atoms with E-state index in [1.54, 1.807) is 17.2 Å². The summed E-state index contributed by atoms with van der Waals surface area (Å²) in [5, 5.41) is 0. The van der Waals surface area contributed by atoms with Crippen LogP contribution in [0.25, 0.3) is 0 Å². The smallest absolute Gasteiger partial charge is 0.231 e. The Kier molecular flexibility index (Phi) is 47.0. The number of unbranched alkanes of at least 4 members (excludes halogenated alkanes) is 43. The zero-order valence-corrected chi connectivity index (χ0v) is 44.9. The molecular weight excluding hydrogens is 761 g/mol. The van der Waals surface area contributed by atoms with Crippen molar-refractivity contribution in [1.82, 2.24) is 4.57 Å². The van der Waals surface area contributed by atoms with Crippen LogP contribution in [-0.2, 0) is 32.4 Å². The first-order chi connectivity index (χ1) is 31.2. The number of rotatable bonds is 53. The van der Waals surface area contributed by atoms with E-state index in [1.807, 2.05) is 0 Å². The fraction of sp³-hybridized carbons (Fsp3) is 0.951. The predicted molar refractivity (Wildman–Crippen MR) is 286 cm³/mol. The Labute approximate surface area is 399 Å². The number of hydrogen-bond acceptors (Lipinski definition) is 0. The quantitative estimate of drug-likeness (QED) is 0.0455. The zero-order chi connectivity index (χ0) is 45.4. The lowest BCUT2D eigenvalue weighted by molar-refractivity contribution is -0.711. The van der Waals surface area contributed by atoms with Gasteiger partial charge in [0.05, 0.1) is 13.1 Å². The second kappa shape index (κ2) is 49.1. The largest absolute Gasteiger partial charge is 0.256 e. The van der Waals surface area contributed by atoms with Crippen molar-refractivity contribution < 1.29 is 4.57 Å². The van der Waals surface area contributed by atoms with Gasteiger partial charge in [0.25, 0.3) is 5.82 Å². The molecule has 0 bridgehead atoms. The lowest BCUT2D eigenvalue weighted by Gasteiger charge is -2.09. The van der Waals surface area contributed by atoms with Crippen LogP contribution in [-0.4, -0.2) is 4.57 Å². The maximum atomic E-state index is 3.01. The van der Waals surface area contributed by atoms with Gasteiger partial charge in [0.1, 0.15) is 11.4 Å². The van der Waals surface area contributed by atoms with Crippen molar-refractivity contribution in [2.24, 2.45) is 0 Å². The van der Waals surface area contributed by atoms with Crippen LogP contribution < -0.4 is 4.57 Å². The van der Waals surface area contributed by atoms with Crippen molar-refractivity contribution >= 4 is 0 Å². The molecule has 1 heterocycles. The van der Waals surface area contributed by atoms with Crippen LogP contribution >= 0.6 is 0 Å². The summed E-state index contributed by atoms with van der Waals surface area (Å²) >= 11 is 0. The third kappa shape index (κ3) is 36.0. The number of imidazole rings is 1. The molecule has 0 aliphatic carbocycles. The van der Waals surface area contributed by atoms with E-state index in [9.17, 15) is 0 Å². The second-order valence-electron chi connectivity index (χ2n) is 21.1. The zero-order valence-electron chi connectivity index (χ0n) is 44.9. The van der Waals surface area contributed by atoms with Crippen molar-refractivity contribution in [2.45, 2.75) is 375 Å². The van der Waals surface area contributed by atoms with Crippen molar-refractivity contribution in [2.75, 3.05) is 0 Å². The highest BCUT2D eigenvalue weighted by Crippen LogP contribution is 2.23. The minimum absolute atomic E-state index is 1.28. The molecule has 2 heteroatoms. The molecule has 0 amide bonds. The highest BCUT2D eigenvalue weighted by Gasteiger charge is 2.29. The summed E-state index contributed by atoms with van der Waals surface area (Å²) in [6, 6.07) is 0. The minimum Gasteiger partial charge on any atom is -0.231 e. The molecule has 374 valence electrons. The van der Waals surface area contributed by atoms with Crippen molar-refractivity contribution in [3.63, 3.8) is 0 Å². The molecule has 0 atom stereocenters. The molecule has 1 aromatic heterocycles. The maximum absolute atomic E-state index is 3.01. The highest BCUT2D eigenvalue weighted by atomic mass is 15.2. The van der Waals surface area contributed by atoms with Crippen molar-refractivity contribution in [3.8, 4) is 0 Å². The predicted octanol–water partition coefficient (Wildman–Crippen LogP) is 21.2. The molecule has 0 saturated heterocycles. The SMILES string of the molecule is CCCCCCCCCCCCCCCCCCn1c(CCCCCCCCCC)c(CCCCCCCCCC)[n+](CCCCCCCCCC)c1CCCCCCCCCC. The third-order valence-corrected chi connectivity index (χ3v) is 14.9.